The number of rotatable bonds is 8. The molecule has 0 bridgehead atoms. The average molecular weight is 493 g/mol. The summed E-state index contributed by atoms with van der Waals surface area (Å²) in [6.45, 7) is 0.127. The molecule has 4 N–H and O–H groups in total. The fourth-order valence-corrected chi connectivity index (χ4v) is 3.34. The Balaban J connectivity index is 1.66. The molecule has 1 heterocycles. The largest absolute Gasteiger partial charge is 0.508 e. The van der Waals surface area contributed by atoms with Gasteiger partial charge in [-0.1, -0.05) is 22.0 Å². The van der Waals surface area contributed by atoms with E-state index in [-0.39, 0.29) is 12.5 Å². The Labute approximate surface area is 186 Å². The van der Waals surface area contributed by atoms with Gasteiger partial charge in [-0.25, -0.2) is 10.3 Å². The number of halogens is 1. The second-order valence-electron chi connectivity index (χ2n) is 6.60. The number of ether oxygens (including phenoxy) is 3. The average Bonchev–Trinajstić information content (AvgIpc) is 3.22. The van der Waals surface area contributed by atoms with Gasteiger partial charge in [-0.05, 0) is 49.6 Å². The maximum Gasteiger partial charge on any atom is 0.412 e. The number of allylic oxidation sites excluding steroid dienone is 1. The van der Waals surface area contributed by atoms with Crippen molar-refractivity contribution in [3.05, 3.63) is 58.6 Å². The molecule has 0 fully saturated rings. The third-order valence-electron chi connectivity index (χ3n) is 4.42. The van der Waals surface area contributed by atoms with E-state index < -0.39 is 18.1 Å². The van der Waals surface area contributed by atoms with Gasteiger partial charge in [0, 0.05) is 27.9 Å². The number of anilines is 1. The second-order valence-corrected chi connectivity index (χ2v) is 7.52. The topological polar surface area (TPSA) is 126 Å². The lowest BCUT2D eigenvalue weighted by atomic mass is 10.0. The number of carbonyl (C=O) groups is 2. The predicted molar refractivity (Wildman–Crippen MR) is 114 cm³/mol. The van der Waals surface area contributed by atoms with Crippen molar-refractivity contribution in [3.63, 3.8) is 0 Å². The molecule has 1 aliphatic heterocycles. The Kier molecular flexibility index (Phi) is 7.74. The van der Waals surface area contributed by atoms with Crippen LogP contribution in [-0.4, -0.2) is 29.1 Å². The van der Waals surface area contributed by atoms with E-state index >= 15 is 0 Å². The summed E-state index contributed by atoms with van der Waals surface area (Å²) in [6.07, 6.45) is 2.83. The zero-order valence-corrected chi connectivity index (χ0v) is 17.9. The van der Waals surface area contributed by atoms with Gasteiger partial charge in [0.2, 0.25) is 6.79 Å². The minimum absolute atomic E-state index is 0.000667. The molecule has 2 aromatic carbocycles. The zero-order valence-electron chi connectivity index (χ0n) is 16.3. The molecule has 0 aliphatic carbocycles. The van der Waals surface area contributed by atoms with E-state index in [1.807, 2.05) is 0 Å². The summed E-state index contributed by atoms with van der Waals surface area (Å²) >= 11 is 3.36. The van der Waals surface area contributed by atoms with Crippen LogP contribution in [-0.2, 0) is 9.53 Å². The summed E-state index contributed by atoms with van der Waals surface area (Å²) in [7, 11) is 0. The van der Waals surface area contributed by atoms with Gasteiger partial charge in [-0.3, -0.25) is 15.3 Å². The number of aromatic hydroxyl groups is 1. The molecule has 1 aliphatic rings. The number of phenols is 1. The first-order valence-corrected chi connectivity index (χ1v) is 10.2. The Bertz CT molecular complexity index is 980. The van der Waals surface area contributed by atoms with E-state index in [0.717, 1.165) is 4.47 Å². The molecule has 0 saturated carbocycles. The predicted octanol–water partition coefficient (Wildman–Crippen LogP) is 4.41. The fraction of sp³-hybridized carbons (Fsp3) is 0.238. The summed E-state index contributed by atoms with van der Waals surface area (Å²) in [5, 5.41) is 21.4. The van der Waals surface area contributed by atoms with Crippen LogP contribution in [0, 0.1) is 0 Å². The van der Waals surface area contributed by atoms with Crippen LogP contribution < -0.4 is 20.3 Å². The first-order chi connectivity index (χ1) is 15.0. The first kappa shape index (κ1) is 22.4. The Morgan fingerprint density at radius 1 is 1.19 bits per heavy atom. The lowest BCUT2D eigenvalue weighted by Gasteiger charge is -2.20. The van der Waals surface area contributed by atoms with Gasteiger partial charge < -0.3 is 19.3 Å². The molecule has 9 nitrogen and oxygen atoms in total. The van der Waals surface area contributed by atoms with Crippen LogP contribution in [0.2, 0.25) is 0 Å². The molecule has 2 amide bonds. The molecule has 1 atom stereocenters. The zero-order chi connectivity index (χ0) is 22.2. The van der Waals surface area contributed by atoms with E-state index in [9.17, 15) is 14.7 Å². The molecular weight excluding hydrogens is 472 g/mol. The van der Waals surface area contributed by atoms with Crippen molar-refractivity contribution in [2.75, 3.05) is 12.1 Å². The summed E-state index contributed by atoms with van der Waals surface area (Å²) in [5.74, 6) is 0.497. The van der Waals surface area contributed by atoms with E-state index in [0.29, 0.717) is 42.0 Å². The Morgan fingerprint density at radius 3 is 2.81 bits per heavy atom. The molecule has 2 aromatic rings. The van der Waals surface area contributed by atoms with Crippen molar-refractivity contribution in [1.29, 1.82) is 0 Å². The van der Waals surface area contributed by atoms with Gasteiger partial charge in [-0.2, -0.15) is 0 Å². The van der Waals surface area contributed by atoms with Gasteiger partial charge in [0.25, 0.3) is 5.91 Å². The van der Waals surface area contributed by atoms with E-state index in [1.165, 1.54) is 17.6 Å². The van der Waals surface area contributed by atoms with Crippen molar-refractivity contribution in [3.8, 4) is 17.2 Å². The normalized spacial score (nSPS) is 13.1. The van der Waals surface area contributed by atoms with Crippen molar-refractivity contribution in [1.82, 2.24) is 5.48 Å². The fourth-order valence-electron chi connectivity index (χ4n) is 2.96. The summed E-state index contributed by atoms with van der Waals surface area (Å²) in [4.78, 5) is 23.5. The SMILES string of the molecule is O=C(/C=C/CCC[C@H](OC(=O)Nc1ccc2c(c1)OCO2)c1cc(Br)ccc1O)NO. The molecule has 164 valence electrons. The van der Waals surface area contributed by atoms with Gasteiger partial charge in [-0.15, -0.1) is 0 Å². The summed E-state index contributed by atoms with van der Waals surface area (Å²) in [5.41, 5.74) is 2.44. The van der Waals surface area contributed by atoms with E-state index in [1.54, 1.807) is 36.4 Å². The van der Waals surface area contributed by atoms with Gasteiger partial charge in [0.05, 0.1) is 0 Å². The number of hydrogen-bond acceptors (Lipinski definition) is 7. The molecule has 0 spiro atoms. The van der Waals surface area contributed by atoms with Crippen LogP contribution in [0.15, 0.2) is 53.0 Å². The van der Waals surface area contributed by atoms with Gasteiger partial charge >= 0.3 is 6.09 Å². The highest BCUT2D eigenvalue weighted by atomic mass is 79.9. The highest BCUT2D eigenvalue weighted by molar-refractivity contribution is 9.10. The molecule has 3 rings (SSSR count). The first-order valence-electron chi connectivity index (χ1n) is 9.42. The molecule has 10 heteroatoms. The van der Waals surface area contributed by atoms with Crippen LogP contribution in [0.3, 0.4) is 0 Å². The molecular formula is C21H21BrN2O7. The number of benzene rings is 2. The van der Waals surface area contributed by atoms with Crippen LogP contribution in [0.5, 0.6) is 17.2 Å². The Hall–Kier alpha value is -3.24. The van der Waals surface area contributed by atoms with Gasteiger partial charge in [0.1, 0.15) is 11.9 Å². The molecule has 0 unspecified atom stereocenters. The summed E-state index contributed by atoms with van der Waals surface area (Å²) < 4.78 is 16.9. The van der Waals surface area contributed by atoms with Crippen molar-refractivity contribution >= 4 is 33.6 Å². The van der Waals surface area contributed by atoms with Crippen molar-refractivity contribution in [2.24, 2.45) is 0 Å². The van der Waals surface area contributed by atoms with Crippen LogP contribution >= 0.6 is 15.9 Å². The smallest absolute Gasteiger partial charge is 0.412 e. The number of hydrogen-bond donors (Lipinski definition) is 4. The highest BCUT2D eigenvalue weighted by Gasteiger charge is 2.21. The number of hydroxylamine groups is 1. The number of nitrogens with one attached hydrogen (secondary N) is 2. The molecule has 0 saturated heterocycles. The third-order valence-corrected chi connectivity index (χ3v) is 4.91. The minimum atomic E-state index is -0.730. The number of fused-ring (bicyclic) bond motifs is 1. The van der Waals surface area contributed by atoms with E-state index in [4.69, 9.17) is 19.4 Å². The lowest BCUT2D eigenvalue weighted by Crippen LogP contribution is -2.18. The molecule has 0 radical (unpaired) electrons. The Morgan fingerprint density at radius 2 is 2.00 bits per heavy atom. The molecule has 0 aromatic heterocycles. The van der Waals surface area contributed by atoms with Crippen molar-refractivity contribution in [2.45, 2.75) is 25.4 Å². The number of amides is 2. The van der Waals surface area contributed by atoms with E-state index in [2.05, 4.69) is 21.2 Å². The minimum Gasteiger partial charge on any atom is -0.508 e. The number of phenolic OH excluding ortho intramolecular Hbond substituents is 1. The third kappa shape index (κ3) is 6.37. The monoisotopic (exact) mass is 492 g/mol. The van der Waals surface area contributed by atoms with Crippen LogP contribution in [0.25, 0.3) is 0 Å². The summed E-state index contributed by atoms with van der Waals surface area (Å²) in [6, 6.07) is 9.85. The maximum absolute atomic E-state index is 12.5. The number of carbonyl (C=O) groups excluding carboxylic acids is 2. The van der Waals surface area contributed by atoms with Crippen LogP contribution in [0.1, 0.15) is 30.9 Å². The standard InChI is InChI=1S/C21H21BrN2O7/c22-13-6-8-16(25)15(10-13)17(4-2-1-3-5-20(26)24-28)31-21(27)23-14-7-9-18-19(11-14)30-12-29-18/h3,5-11,17,25,28H,1-2,4,12H2,(H,23,27)(H,24,26)/b5-3+/t17-/m0/s1. The lowest BCUT2D eigenvalue weighted by molar-refractivity contribution is -0.124. The van der Waals surface area contributed by atoms with Gasteiger partial charge in [0.15, 0.2) is 11.5 Å². The second kappa shape index (κ2) is 10.7. The van der Waals surface area contributed by atoms with Crippen LogP contribution in [0.4, 0.5) is 10.5 Å². The van der Waals surface area contributed by atoms with Crippen molar-refractivity contribution < 1.29 is 34.1 Å². The molecule has 31 heavy (non-hydrogen) atoms. The quantitative estimate of drug-likeness (QED) is 0.186. The maximum atomic E-state index is 12.5. The highest BCUT2D eigenvalue weighted by Crippen LogP contribution is 2.35. The number of unbranched alkanes of at least 4 members (excludes halogenated alkanes) is 1.